The van der Waals surface area contributed by atoms with Gasteiger partial charge in [-0.1, -0.05) is 30.3 Å². The van der Waals surface area contributed by atoms with Crippen molar-refractivity contribution in [2.24, 2.45) is 0 Å². The van der Waals surface area contributed by atoms with E-state index in [2.05, 4.69) is 52.9 Å². The van der Waals surface area contributed by atoms with E-state index in [1.54, 1.807) is 0 Å². The number of nitrogens with one attached hydrogen (secondary N) is 2. The monoisotopic (exact) mass is 389 g/mol. The Kier molecular flexibility index (Phi) is 9.16. The first-order valence-electron chi connectivity index (χ1n) is 9.00. The first-order valence-corrected chi connectivity index (χ1v) is 9.00. The normalized spacial score (nSPS) is 26.3. The predicted molar refractivity (Wildman–Crippen MR) is 109 cm³/mol. The number of β-amino-alcohol motifs (C(OH)–C–C–N with tert-alkyl or cyclic N) is 1. The Morgan fingerprint density at radius 3 is 2.36 bits per heavy atom. The summed E-state index contributed by atoms with van der Waals surface area (Å²) in [6.45, 7) is 5.66. The molecular weight excluding hydrogens is 357 g/mol. The summed E-state index contributed by atoms with van der Waals surface area (Å²) in [4.78, 5) is 2.42. The van der Waals surface area contributed by atoms with Crippen molar-refractivity contribution in [3.63, 3.8) is 0 Å². The van der Waals surface area contributed by atoms with Crippen LogP contribution in [0.2, 0.25) is 0 Å². The number of benzene rings is 1. The fourth-order valence-electron chi connectivity index (χ4n) is 4.04. The molecular formula is C19H33Cl2N3O. The zero-order valence-corrected chi connectivity index (χ0v) is 16.8. The van der Waals surface area contributed by atoms with Gasteiger partial charge in [0.15, 0.2) is 0 Å². The van der Waals surface area contributed by atoms with Gasteiger partial charge in [-0.05, 0) is 57.9 Å². The molecule has 0 aliphatic carbocycles. The fraction of sp³-hybridized carbons (Fsp3) is 0.684. The number of piperidine rings is 2. The van der Waals surface area contributed by atoms with Crippen LogP contribution in [0.5, 0.6) is 0 Å². The summed E-state index contributed by atoms with van der Waals surface area (Å²) in [6, 6.07) is 10.9. The molecule has 0 bridgehead atoms. The summed E-state index contributed by atoms with van der Waals surface area (Å²) < 4.78 is 0. The minimum Gasteiger partial charge on any atom is -0.387 e. The van der Waals surface area contributed by atoms with Gasteiger partial charge in [0.05, 0.1) is 5.60 Å². The molecule has 0 amide bonds. The van der Waals surface area contributed by atoms with Crippen LogP contribution in [0.4, 0.5) is 0 Å². The summed E-state index contributed by atoms with van der Waals surface area (Å²) in [7, 11) is 2.21. The third-order valence-corrected chi connectivity index (χ3v) is 5.70. The van der Waals surface area contributed by atoms with E-state index in [9.17, 15) is 5.11 Å². The van der Waals surface area contributed by atoms with Gasteiger partial charge in [-0.2, -0.15) is 0 Å². The number of hydrogen-bond donors (Lipinski definition) is 3. The number of halogens is 2. The second kappa shape index (κ2) is 10.1. The van der Waals surface area contributed by atoms with E-state index < -0.39 is 5.60 Å². The molecule has 1 unspecified atom stereocenters. The summed E-state index contributed by atoms with van der Waals surface area (Å²) >= 11 is 0. The summed E-state index contributed by atoms with van der Waals surface area (Å²) in [5.74, 6) is 0. The van der Waals surface area contributed by atoms with Crippen molar-refractivity contribution >= 4 is 24.8 Å². The van der Waals surface area contributed by atoms with Crippen LogP contribution in [-0.4, -0.2) is 61.9 Å². The maximum absolute atomic E-state index is 10.7. The number of nitrogens with zero attached hydrogens (tertiary/aromatic N) is 1. The minimum absolute atomic E-state index is 0. The Balaban J connectivity index is 0.00000156. The van der Waals surface area contributed by atoms with E-state index in [-0.39, 0.29) is 30.2 Å². The van der Waals surface area contributed by atoms with Gasteiger partial charge >= 0.3 is 0 Å². The van der Waals surface area contributed by atoms with Gasteiger partial charge in [0, 0.05) is 25.0 Å². The van der Waals surface area contributed by atoms with E-state index >= 15 is 0 Å². The molecule has 0 radical (unpaired) electrons. The summed E-state index contributed by atoms with van der Waals surface area (Å²) in [5, 5.41) is 17.6. The molecule has 1 atom stereocenters. The van der Waals surface area contributed by atoms with Gasteiger partial charge < -0.3 is 20.6 Å². The quantitative estimate of drug-likeness (QED) is 0.722. The van der Waals surface area contributed by atoms with Crippen LogP contribution in [0.1, 0.15) is 31.2 Å². The Morgan fingerprint density at radius 1 is 1.08 bits per heavy atom. The van der Waals surface area contributed by atoms with Crippen LogP contribution in [-0.2, 0) is 5.41 Å². The molecule has 1 aromatic carbocycles. The van der Waals surface area contributed by atoms with Crippen LogP contribution < -0.4 is 10.6 Å². The highest BCUT2D eigenvalue weighted by atomic mass is 35.5. The first-order chi connectivity index (χ1) is 11.1. The topological polar surface area (TPSA) is 47.5 Å². The maximum atomic E-state index is 10.7. The second-order valence-corrected chi connectivity index (χ2v) is 7.56. The van der Waals surface area contributed by atoms with Crippen LogP contribution >= 0.6 is 24.8 Å². The zero-order valence-electron chi connectivity index (χ0n) is 15.2. The van der Waals surface area contributed by atoms with Gasteiger partial charge in [0.25, 0.3) is 0 Å². The Hall–Kier alpha value is -0.360. The average molecular weight is 390 g/mol. The number of aliphatic hydroxyl groups is 1. The van der Waals surface area contributed by atoms with Crippen LogP contribution in [0.3, 0.4) is 0 Å². The SMILES string of the molecule is CN1CCC(CNCC2(O)CCCNC2)(c2ccccc2)CC1.Cl.Cl. The maximum Gasteiger partial charge on any atom is 0.0895 e. The van der Waals surface area contributed by atoms with Gasteiger partial charge in [0.2, 0.25) is 0 Å². The van der Waals surface area contributed by atoms with E-state index in [1.165, 1.54) is 18.4 Å². The third-order valence-electron chi connectivity index (χ3n) is 5.70. The predicted octanol–water partition coefficient (Wildman–Crippen LogP) is 2.20. The molecule has 2 aliphatic heterocycles. The Bertz CT molecular complexity index is 487. The molecule has 2 heterocycles. The van der Waals surface area contributed by atoms with Gasteiger partial charge in [0.1, 0.15) is 0 Å². The van der Waals surface area contributed by atoms with Crippen molar-refractivity contribution in [3.05, 3.63) is 35.9 Å². The van der Waals surface area contributed by atoms with Gasteiger partial charge in [-0.15, -0.1) is 24.8 Å². The number of likely N-dealkylation sites (tertiary alicyclic amines) is 1. The van der Waals surface area contributed by atoms with Crippen molar-refractivity contribution in [2.75, 3.05) is 46.3 Å². The van der Waals surface area contributed by atoms with Crippen molar-refractivity contribution in [2.45, 2.75) is 36.7 Å². The molecule has 3 rings (SSSR count). The number of rotatable bonds is 5. The molecule has 2 fully saturated rings. The van der Waals surface area contributed by atoms with Crippen LogP contribution in [0, 0.1) is 0 Å². The van der Waals surface area contributed by atoms with Gasteiger partial charge in [-0.25, -0.2) is 0 Å². The molecule has 2 saturated heterocycles. The zero-order chi connectivity index (χ0) is 16.2. The van der Waals surface area contributed by atoms with Crippen molar-refractivity contribution in [1.29, 1.82) is 0 Å². The lowest BCUT2D eigenvalue weighted by atomic mass is 9.72. The lowest BCUT2D eigenvalue weighted by molar-refractivity contribution is 0.0151. The molecule has 1 aromatic rings. The highest BCUT2D eigenvalue weighted by Gasteiger charge is 2.36. The fourth-order valence-corrected chi connectivity index (χ4v) is 4.04. The van der Waals surface area contributed by atoms with Crippen molar-refractivity contribution in [3.8, 4) is 0 Å². The molecule has 0 saturated carbocycles. The lowest BCUT2D eigenvalue weighted by Crippen LogP contribution is -2.54. The van der Waals surface area contributed by atoms with E-state index in [0.717, 1.165) is 39.0 Å². The second-order valence-electron chi connectivity index (χ2n) is 7.56. The summed E-state index contributed by atoms with van der Waals surface area (Å²) in [6.07, 6.45) is 4.31. The third kappa shape index (κ3) is 5.81. The van der Waals surface area contributed by atoms with Crippen molar-refractivity contribution < 1.29 is 5.11 Å². The molecule has 3 N–H and O–H groups in total. The highest BCUT2D eigenvalue weighted by molar-refractivity contribution is 5.85. The minimum atomic E-state index is -0.582. The molecule has 6 heteroatoms. The Labute approximate surface area is 164 Å². The molecule has 0 spiro atoms. The standard InChI is InChI=1S/C19H31N3O.2ClH/c1-22-12-9-18(10-13-22,17-6-3-2-4-7-17)14-21-16-19(23)8-5-11-20-15-19;;/h2-4,6-7,20-21,23H,5,8-16H2,1H3;2*1H. The molecule has 0 aromatic heterocycles. The lowest BCUT2D eigenvalue weighted by Gasteiger charge is -2.42. The van der Waals surface area contributed by atoms with E-state index in [1.807, 2.05) is 0 Å². The molecule has 4 nitrogen and oxygen atoms in total. The first kappa shape index (κ1) is 22.7. The number of hydrogen-bond acceptors (Lipinski definition) is 4. The molecule has 25 heavy (non-hydrogen) atoms. The van der Waals surface area contributed by atoms with Gasteiger partial charge in [-0.3, -0.25) is 0 Å². The van der Waals surface area contributed by atoms with Crippen LogP contribution in [0.15, 0.2) is 30.3 Å². The largest absolute Gasteiger partial charge is 0.387 e. The van der Waals surface area contributed by atoms with Crippen molar-refractivity contribution in [1.82, 2.24) is 15.5 Å². The average Bonchev–Trinajstić information content (AvgIpc) is 2.58. The molecule has 144 valence electrons. The van der Waals surface area contributed by atoms with E-state index in [0.29, 0.717) is 13.1 Å². The smallest absolute Gasteiger partial charge is 0.0895 e. The summed E-state index contributed by atoms with van der Waals surface area (Å²) in [5.41, 5.74) is 1.06. The van der Waals surface area contributed by atoms with Crippen LogP contribution in [0.25, 0.3) is 0 Å². The van der Waals surface area contributed by atoms with E-state index in [4.69, 9.17) is 0 Å². The Morgan fingerprint density at radius 2 is 1.76 bits per heavy atom. The highest BCUT2D eigenvalue weighted by Crippen LogP contribution is 2.34. The molecule has 2 aliphatic rings.